The maximum absolute atomic E-state index is 12.0. The molecule has 23 heavy (non-hydrogen) atoms. The first-order chi connectivity index (χ1) is 10.8. The van der Waals surface area contributed by atoms with Crippen LogP contribution in [0.25, 0.3) is 0 Å². The van der Waals surface area contributed by atoms with Crippen LogP contribution >= 0.6 is 0 Å². The first kappa shape index (κ1) is 17.2. The fourth-order valence-electron chi connectivity index (χ4n) is 1.85. The maximum Gasteiger partial charge on any atom is 0.338 e. The number of carbonyl (C=O) groups is 1. The van der Waals surface area contributed by atoms with Gasteiger partial charge in [-0.1, -0.05) is 5.16 Å². The van der Waals surface area contributed by atoms with Crippen molar-refractivity contribution in [1.82, 2.24) is 9.88 Å². The van der Waals surface area contributed by atoms with Crippen LogP contribution < -0.4 is 4.72 Å². The Morgan fingerprint density at radius 2 is 1.96 bits per heavy atom. The van der Waals surface area contributed by atoms with Crippen molar-refractivity contribution in [2.24, 2.45) is 0 Å². The number of benzene rings is 1. The van der Waals surface area contributed by atoms with E-state index in [1.807, 2.05) is 0 Å². The topological polar surface area (TPSA) is 98.5 Å². The van der Waals surface area contributed by atoms with Crippen molar-refractivity contribution in [1.29, 1.82) is 0 Å². The fraction of sp³-hybridized carbons (Fsp3) is 0.333. The van der Waals surface area contributed by atoms with Crippen molar-refractivity contribution in [2.75, 3.05) is 0 Å². The van der Waals surface area contributed by atoms with E-state index in [4.69, 9.17) is 9.26 Å². The van der Waals surface area contributed by atoms with Gasteiger partial charge in [-0.15, -0.1) is 0 Å². The summed E-state index contributed by atoms with van der Waals surface area (Å²) in [5.74, 6) is -0.129. The first-order valence-corrected chi connectivity index (χ1v) is 8.48. The van der Waals surface area contributed by atoms with Crippen LogP contribution in [0.2, 0.25) is 0 Å². The Balaban J connectivity index is 2.02. The number of aromatic nitrogens is 1. The monoisotopic (exact) mass is 338 g/mol. The van der Waals surface area contributed by atoms with E-state index in [2.05, 4.69) is 9.88 Å². The summed E-state index contributed by atoms with van der Waals surface area (Å²) in [7, 11) is -3.58. The maximum atomic E-state index is 12.0. The third kappa shape index (κ3) is 4.64. The number of hydrogen-bond acceptors (Lipinski definition) is 6. The molecular weight excluding hydrogens is 320 g/mol. The highest BCUT2D eigenvalue weighted by atomic mass is 32.2. The van der Waals surface area contributed by atoms with Crippen LogP contribution in [0, 0.1) is 6.92 Å². The fourth-order valence-corrected chi connectivity index (χ4v) is 3.10. The van der Waals surface area contributed by atoms with E-state index in [-0.39, 0.29) is 23.1 Å². The van der Waals surface area contributed by atoms with Crippen LogP contribution in [-0.2, 0) is 21.4 Å². The van der Waals surface area contributed by atoms with Gasteiger partial charge in [0, 0.05) is 12.1 Å². The summed E-state index contributed by atoms with van der Waals surface area (Å²) >= 11 is 0. The number of sulfonamides is 1. The molecule has 1 aromatic carbocycles. The normalized spacial score (nSPS) is 11.7. The molecule has 7 nitrogen and oxygen atoms in total. The van der Waals surface area contributed by atoms with Crippen LogP contribution in [-0.4, -0.2) is 25.6 Å². The molecule has 0 amide bonds. The average Bonchev–Trinajstić information content (AvgIpc) is 2.89. The van der Waals surface area contributed by atoms with E-state index in [1.165, 1.54) is 24.3 Å². The van der Waals surface area contributed by atoms with Gasteiger partial charge in [0.2, 0.25) is 10.0 Å². The largest absolute Gasteiger partial charge is 0.454 e. The summed E-state index contributed by atoms with van der Waals surface area (Å²) in [4.78, 5) is 12.0. The lowest BCUT2D eigenvalue weighted by Gasteiger charge is -2.09. The van der Waals surface area contributed by atoms with Crippen molar-refractivity contribution in [3.63, 3.8) is 0 Å². The number of nitrogens with one attached hydrogen (secondary N) is 1. The zero-order valence-electron chi connectivity index (χ0n) is 13.1. The number of ether oxygens (including phenoxy) is 1. The standard InChI is InChI=1S/C15H18N2O5S/c1-10(2)17-23(19,20)14-6-4-12(5-7-14)15(18)21-9-13-8-11(3)16-22-13/h4-8,10,17H,9H2,1-3H3. The zero-order chi connectivity index (χ0) is 17.0. The molecule has 0 aliphatic heterocycles. The van der Waals surface area contributed by atoms with E-state index in [0.717, 1.165) is 0 Å². The van der Waals surface area contributed by atoms with Gasteiger partial charge in [-0.3, -0.25) is 0 Å². The minimum Gasteiger partial charge on any atom is -0.454 e. The van der Waals surface area contributed by atoms with Crippen LogP contribution in [0.5, 0.6) is 0 Å². The molecule has 1 N–H and O–H groups in total. The van der Waals surface area contributed by atoms with Crippen molar-refractivity contribution >= 4 is 16.0 Å². The average molecular weight is 338 g/mol. The van der Waals surface area contributed by atoms with E-state index >= 15 is 0 Å². The van der Waals surface area contributed by atoms with Gasteiger partial charge in [-0.05, 0) is 45.0 Å². The Bertz CT molecular complexity index is 778. The smallest absolute Gasteiger partial charge is 0.338 e. The van der Waals surface area contributed by atoms with E-state index < -0.39 is 16.0 Å². The summed E-state index contributed by atoms with van der Waals surface area (Å²) in [6.45, 7) is 5.19. The minimum atomic E-state index is -3.58. The molecule has 0 bridgehead atoms. The van der Waals surface area contributed by atoms with Crippen LogP contribution in [0.15, 0.2) is 39.8 Å². The third-order valence-corrected chi connectivity index (χ3v) is 4.49. The molecule has 0 unspecified atom stereocenters. The summed E-state index contributed by atoms with van der Waals surface area (Å²) in [5.41, 5.74) is 0.952. The predicted molar refractivity (Wildman–Crippen MR) is 82.3 cm³/mol. The predicted octanol–water partition coefficient (Wildman–Crippen LogP) is 2.03. The van der Waals surface area contributed by atoms with Crippen molar-refractivity contribution in [2.45, 2.75) is 38.3 Å². The van der Waals surface area contributed by atoms with Gasteiger partial charge in [0.1, 0.15) is 0 Å². The Labute approximate surface area is 134 Å². The van der Waals surface area contributed by atoms with Crippen molar-refractivity contribution < 1.29 is 22.5 Å². The molecule has 1 aromatic heterocycles. The third-order valence-electron chi connectivity index (χ3n) is 2.81. The molecule has 0 aliphatic carbocycles. The highest BCUT2D eigenvalue weighted by Gasteiger charge is 2.16. The number of hydrogen-bond donors (Lipinski definition) is 1. The lowest BCUT2D eigenvalue weighted by molar-refractivity contribution is 0.0437. The Kier molecular flexibility index (Phi) is 5.17. The molecule has 0 saturated carbocycles. The summed E-state index contributed by atoms with van der Waals surface area (Å²) in [6.07, 6.45) is 0. The zero-order valence-corrected chi connectivity index (χ0v) is 13.9. The molecule has 2 rings (SSSR count). The molecule has 0 spiro atoms. The molecule has 8 heteroatoms. The molecule has 0 atom stereocenters. The van der Waals surface area contributed by atoms with Crippen molar-refractivity contribution in [3.05, 3.63) is 47.3 Å². The molecule has 124 valence electrons. The second-order valence-corrected chi connectivity index (χ2v) is 7.03. The molecule has 0 radical (unpaired) electrons. The lowest BCUT2D eigenvalue weighted by atomic mass is 10.2. The molecule has 0 fully saturated rings. The Morgan fingerprint density at radius 1 is 1.30 bits per heavy atom. The Morgan fingerprint density at radius 3 is 2.48 bits per heavy atom. The highest BCUT2D eigenvalue weighted by molar-refractivity contribution is 7.89. The van der Waals surface area contributed by atoms with Crippen molar-refractivity contribution in [3.8, 4) is 0 Å². The summed E-state index contributed by atoms with van der Waals surface area (Å²) in [6, 6.07) is 6.99. The number of aryl methyl sites for hydroxylation is 1. The minimum absolute atomic E-state index is 0.0331. The lowest BCUT2D eigenvalue weighted by Crippen LogP contribution is -2.30. The number of carbonyl (C=O) groups excluding carboxylic acids is 1. The summed E-state index contributed by atoms with van der Waals surface area (Å²) < 4.78 is 36.5. The number of esters is 1. The Hall–Kier alpha value is -2.19. The summed E-state index contributed by atoms with van der Waals surface area (Å²) in [5, 5.41) is 3.69. The van der Waals surface area contributed by atoms with Gasteiger partial charge < -0.3 is 9.26 Å². The first-order valence-electron chi connectivity index (χ1n) is 6.99. The van der Waals surface area contributed by atoms with Crippen LogP contribution in [0.4, 0.5) is 0 Å². The quantitative estimate of drug-likeness (QED) is 0.809. The van der Waals surface area contributed by atoms with Gasteiger partial charge in [0.15, 0.2) is 12.4 Å². The molecule has 0 saturated heterocycles. The number of rotatable bonds is 6. The van der Waals surface area contributed by atoms with Gasteiger partial charge in [0.25, 0.3) is 0 Å². The van der Waals surface area contributed by atoms with Crippen LogP contribution in [0.1, 0.15) is 35.7 Å². The van der Waals surface area contributed by atoms with Gasteiger partial charge >= 0.3 is 5.97 Å². The van der Waals surface area contributed by atoms with E-state index in [0.29, 0.717) is 11.5 Å². The molecule has 1 heterocycles. The van der Waals surface area contributed by atoms with Crippen LogP contribution in [0.3, 0.4) is 0 Å². The van der Waals surface area contributed by atoms with E-state index in [9.17, 15) is 13.2 Å². The molecular formula is C15H18N2O5S. The molecule has 2 aromatic rings. The second-order valence-electron chi connectivity index (χ2n) is 5.31. The number of nitrogens with zero attached hydrogens (tertiary/aromatic N) is 1. The molecule has 0 aliphatic rings. The SMILES string of the molecule is Cc1cc(COC(=O)c2ccc(S(=O)(=O)NC(C)C)cc2)on1. The van der Waals surface area contributed by atoms with E-state index in [1.54, 1.807) is 26.8 Å². The van der Waals surface area contributed by atoms with Gasteiger partial charge in [-0.2, -0.15) is 0 Å². The van der Waals surface area contributed by atoms with Gasteiger partial charge in [-0.25, -0.2) is 17.9 Å². The highest BCUT2D eigenvalue weighted by Crippen LogP contribution is 2.13. The van der Waals surface area contributed by atoms with Gasteiger partial charge in [0.05, 0.1) is 16.2 Å². The second kappa shape index (κ2) is 6.93.